The molecule has 1 aliphatic heterocycles. The van der Waals surface area contributed by atoms with Crippen molar-refractivity contribution in [3.05, 3.63) is 59.7 Å². The van der Waals surface area contributed by atoms with Gasteiger partial charge >= 0.3 is 17.6 Å². The summed E-state index contributed by atoms with van der Waals surface area (Å²) in [4.78, 5) is 24.1. The maximum Gasteiger partial charge on any atom is 0.401 e. The molecule has 2 aromatic rings. The molecule has 25 heavy (non-hydrogen) atoms. The first kappa shape index (κ1) is 16.5. The van der Waals surface area contributed by atoms with Crippen LogP contribution in [0, 0.1) is 13.8 Å². The monoisotopic (exact) mass is 337 g/mol. The number of hydrogen-bond acceptors (Lipinski definition) is 4. The third-order valence-corrected chi connectivity index (χ3v) is 3.81. The number of aryl methyl sites for hydroxylation is 2. The van der Waals surface area contributed by atoms with E-state index in [2.05, 4.69) is 15.3 Å². The normalized spacial score (nSPS) is 17.2. The van der Waals surface area contributed by atoms with E-state index in [9.17, 15) is 14.7 Å². The fraction of sp³-hybridized carbons (Fsp3) is 0.167. The molecule has 1 atom stereocenters. The molecule has 1 heterocycles. The van der Waals surface area contributed by atoms with Crippen LogP contribution >= 0.6 is 0 Å². The van der Waals surface area contributed by atoms with Crippen molar-refractivity contribution in [3.8, 4) is 0 Å². The lowest BCUT2D eigenvalue weighted by Crippen LogP contribution is -2.83. The Kier molecular flexibility index (Phi) is 4.38. The minimum atomic E-state index is -1.24. The zero-order valence-corrected chi connectivity index (χ0v) is 13.8. The molecule has 0 aliphatic carbocycles. The Morgan fingerprint density at radius 3 is 2.16 bits per heavy atom. The first-order valence-electron chi connectivity index (χ1n) is 7.70. The highest BCUT2D eigenvalue weighted by molar-refractivity contribution is 6.41. The molecule has 0 radical (unpaired) electrons. The molecule has 1 unspecified atom stereocenters. The number of carbonyl (C=O) groups is 2. The lowest BCUT2D eigenvalue weighted by Gasteiger charge is -2.07. The van der Waals surface area contributed by atoms with Gasteiger partial charge in [0.05, 0.1) is 5.69 Å². The van der Waals surface area contributed by atoms with Gasteiger partial charge in [-0.1, -0.05) is 40.4 Å². The van der Waals surface area contributed by atoms with Gasteiger partial charge in [-0.3, -0.25) is 4.79 Å². The third-order valence-electron chi connectivity index (χ3n) is 3.81. The number of amides is 1. The number of rotatable bonds is 4. The van der Waals surface area contributed by atoms with E-state index >= 15 is 0 Å². The number of carbonyl (C=O) groups excluding carboxylic acids is 1. The molecule has 3 rings (SSSR count). The van der Waals surface area contributed by atoms with Crippen LogP contribution in [0.4, 0.5) is 11.4 Å². The molecule has 0 aromatic heterocycles. The van der Waals surface area contributed by atoms with E-state index in [-0.39, 0.29) is 5.71 Å². The summed E-state index contributed by atoms with van der Waals surface area (Å²) in [6, 6.07) is 13.2. The van der Waals surface area contributed by atoms with Gasteiger partial charge in [0.25, 0.3) is 0 Å². The molecule has 126 valence electrons. The molecule has 0 bridgehead atoms. The maximum absolute atomic E-state index is 12.6. The van der Waals surface area contributed by atoms with E-state index in [1.54, 1.807) is 24.3 Å². The van der Waals surface area contributed by atoms with Crippen LogP contribution in [0.2, 0.25) is 0 Å². The third kappa shape index (κ3) is 3.45. The van der Waals surface area contributed by atoms with E-state index in [0.29, 0.717) is 11.4 Å². The Labute approximate surface area is 144 Å². The quantitative estimate of drug-likeness (QED) is 0.824. The van der Waals surface area contributed by atoms with Crippen molar-refractivity contribution in [1.29, 1.82) is 0 Å². The molecular weight excluding hydrogens is 320 g/mol. The van der Waals surface area contributed by atoms with Crippen molar-refractivity contribution in [2.75, 3.05) is 5.01 Å². The number of azo groups is 1. The van der Waals surface area contributed by atoms with E-state index in [4.69, 9.17) is 0 Å². The highest BCUT2D eigenvalue weighted by atomic mass is 16.4. The Hall–Kier alpha value is -3.35. The minimum absolute atomic E-state index is 0.221. The molecule has 0 saturated heterocycles. The summed E-state index contributed by atoms with van der Waals surface area (Å²) in [6.45, 7) is 3.87. The van der Waals surface area contributed by atoms with Gasteiger partial charge in [0, 0.05) is 0 Å². The average molecular weight is 337 g/mol. The van der Waals surface area contributed by atoms with Crippen molar-refractivity contribution in [2.24, 2.45) is 10.2 Å². The van der Waals surface area contributed by atoms with Gasteiger partial charge in [0.2, 0.25) is 6.04 Å². The van der Waals surface area contributed by atoms with Gasteiger partial charge in [-0.05, 0) is 38.1 Å². The second-order valence-electron chi connectivity index (χ2n) is 5.79. The van der Waals surface area contributed by atoms with E-state index in [1.165, 1.54) is 5.01 Å². The van der Waals surface area contributed by atoms with Gasteiger partial charge < -0.3 is 5.11 Å². The molecular formula is C18H17N4O3+. The van der Waals surface area contributed by atoms with Gasteiger partial charge in [-0.15, -0.1) is 5.10 Å². The Balaban J connectivity index is 1.89. The van der Waals surface area contributed by atoms with Crippen molar-refractivity contribution < 1.29 is 19.8 Å². The number of hydrogen-bond donors (Lipinski definition) is 2. The van der Waals surface area contributed by atoms with Crippen molar-refractivity contribution >= 4 is 29.0 Å². The van der Waals surface area contributed by atoms with Crippen molar-refractivity contribution in [3.63, 3.8) is 0 Å². The summed E-state index contributed by atoms with van der Waals surface area (Å²) >= 11 is 0. The predicted octanol–water partition coefficient (Wildman–Crippen LogP) is 1.32. The van der Waals surface area contributed by atoms with E-state index < -0.39 is 17.9 Å². The van der Waals surface area contributed by atoms with Crippen molar-refractivity contribution in [1.82, 2.24) is 0 Å². The smallest absolute Gasteiger partial charge is 0.401 e. The average Bonchev–Trinajstić information content (AvgIpc) is 2.92. The molecule has 2 aromatic carbocycles. The van der Waals surface area contributed by atoms with Gasteiger partial charge in [0.1, 0.15) is 5.69 Å². The van der Waals surface area contributed by atoms with Crippen LogP contribution in [0.25, 0.3) is 0 Å². The number of benzene rings is 2. The number of nitrogens with zero attached hydrogens (tertiary/aromatic N) is 3. The zero-order valence-electron chi connectivity index (χ0n) is 13.8. The summed E-state index contributed by atoms with van der Waals surface area (Å²) in [5, 5.41) is 21.1. The number of anilines is 1. The van der Waals surface area contributed by atoms with E-state index in [0.717, 1.165) is 11.1 Å². The summed E-state index contributed by atoms with van der Waals surface area (Å²) in [6.07, 6.45) is 0. The minimum Gasteiger partial charge on any atom is -0.473 e. The summed E-state index contributed by atoms with van der Waals surface area (Å²) < 4.78 is 0. The van der Waals surface area contributed by atoms with Crippen LogP contribution in [0.5, 0.6) is 0 Å². The molecule has 1 aliphatic rings. The SMILES string of the molecule is Cc1ccc(N=NC2C(=O)N(c3ccc(C)cc3)[NH+]=C2C(=O)O)cc1. The molecule has 1 amide bonds. The fourth-order valence-corrected chi connectivity index (χ4v) is 2.38. The van der Waals surface area contributed by atoms with Gasteiger partial charge in [0.15, 0.2) is 0 Å². The molecule has 0 saturated carbocycles. The zero-order chi connectivity index (χ0) is 18.0. The summed E-state index contributed by atoms with van der Waals surface area (Å²) in [5.74, 6) is -1.73. The number of hydrazone groups is 1. The van der Waals surface area contributed by atoms with Crippen LogP contribution in [-0.4, -0.2) is 28.7 Å². The first-order chi connectivity index (χ1) is 12.0. The second-order valence-corrected chi connectivity index (χ2v) is 5.79. The van der Waals surface area contributed by atoms with Gasteiger partial charge in [-0.2, -0.15) is 10.2 Å². The van der Waals surface area contributed by atoms with Crippen molar-refractivity contribution in [2.45, 2.75) is 19.9 Å². The maximum atomic E-state index is 12.6. The molecule has 2 N–H and O–H groups in total. The number of aliphatic carboxylic acids is 1. The molecule has 7 heteroatoms. The topological polar surface area (TPSA) is 96.3 Å². The van der Waals surface area contributed by atoms with Crippen LogP contribution in [-0.2, 0) is 9.59 Å². The second kappa shape index (κ2) is 6.64. The summed E-state index contributed by atoms with van der Waals surface area (Å²) in [7, 11) is 0. The molecule has 0 fully saturated rings. The van der Waals surface area contributed by atoms with E-state index in [1.807, 2.05) is 38.1 Å². The lowest BCUT2D eigenvalue weighted by atomic mass is 10.2. The standard InChI is InChI=1S/C18H16N4O3/c1-11-3-7-13(8-4-11)19-20-15-16(18(24)25)21-22(17(15)23)14-9-5-12(2)6-10-14/h3-10,15H,1-2H3,(H,24,25)/p+1. The van der Waals surface area contributed by atoms with Crippen LogP contribution < -0.4 is 10.1 Å². The first-order valence-corrected chi connectivity index (χ1v) is 7.70. The number of carboxylic acids is 1. The molecule has 7 nitrogen and oxygen atoms in total. The van der Waals surface area contributed by atoms with Crippen LogP contribution in [0.3, 0.4) is 0 Å². The van der Waals surface area contributed by atoms with Crippen LogP contribution in [0.15, 0.2) is 58.8 Å². The largest absolute Gasteiger partial charge is 0.473 e. The lowest BCUT2D eigenvalue weighted by molar-refractivity contribution is -0.454. The number of carboxylic acid groups (broad SMARTS) is 1. The predicted molar refractivity (Wildman–Crippen MR) is 91.8 cm³/mol. The van der Waals surface area contributed by atoms with Crippen LogP contribution in [0.1, 0.15) is 11.1 Å². The Morgan fingerprint density at radius 1 is 1.04 bits per heavy atom. The fourth-order valence-electron chi connectivity index (χ4n) is 2.38. The molecule has 0 spiro atoms. The highest BCUT2D eigenvalue weighted by Gasteiger charge is 2.47. The van der Waals surface area contributed by atoms with Gasteiger partial charge in [-0.25, -0.2) is 4.79 Å². The summed E-state index contributed by atoms with van der Waals surface area (Å²) in [5.41, 5.74) is 2.98. The number of hydrazine groups is 1. The Morgan fingerprint density at radius 2 is 1.60 bits per heavy atom. The number of nitrogens with one attached hydrogen (secondary N) is 1. The Bertz CT molecular complexity index is 870. The highest BCUT2D eigenvalue weighted by Crippen LogP contribution is 2.18.